The van der Waals surface area contributed by atoms with Crippen molar-refractivity contribution in [3.8, 4) is 0 Å². The van der Waals surface area contributed by atoms with Crippen molar-refractivity contribution in [1.82, 2.24) is 16.0 Å². The van der Waals surface area contributed by atoms with Gasteiger partial charge in [0.25, 0.3) is 5.91 Å². The third kappa shape index (κ3) is 3.18. The van der Waals surface area contributed by atoms with Crippen molar-refractivity contribution in [2.45, 2.75) is 12.3 Å². The average Bonchev–Trinajstić information content (AvgIpc) is 3.29. The summed E-state index contributed by atoms with van der Waals surface area (Å²) in [5, 5.41) is 7.53. The fraction of sp³-hybridized carbons (Fsp3) is 0.250. The minimum Gasteiger partial charge on any atom is -0.395 e. The largest absolute Gasteiger partial charge is 0.395 e. The van der Waals surface area contributed by atoms with Gasteiger partial charge in [0.05, 0.1) is 11.4 Å². The number of nitrogens with two attached hydrogens (primary N) is 1. The molecule has 2 atom stereocenters. The van der Waals surface area contributed by atoms with Crippen LogP contribution in [0.5, 0.6) is 0 Å². The van der Waals surface area contributed by atoms with E-state index in [1.165, 1.54) is 12.1 Å². The second-order valence-electron chi connectivity index (χ2n) is 5.71. The number of nitrogens with one attached hydrogen (secondary N) is 3. The van der Waals surface area contributed by atoms with Gasteiger partial charge in [0.15, 0.2) is 0 Å². The van der Waals surface area contributed by atoms with E-state index in [9.17, 15) is 14.0 Å². The molecule has 0 radical (unpaired) electrons. The number of rotatable bonds is 4. The molecule has 0 spiro atoms. The quantitative estimate of drug-likeness (QED) is 0.668. The first-order valence-electron chi connectivity index (χ1n) is 7.26. The number of hydrogen-bond acceptors (Lipinski definition) is 3. The molecule has 1 aromatic carbocycles. The maximum absolute atomic E-state index is 12.9. The Bertz CT molecular complexity index is 711. The van der Waals surface area contributed by atoms with Crippen LogP contribution in [0.1, 0.15) is 17.9 Å². The molecule has 1 aliphatic carbocycles. The maximum atomic E-state index is 12.9. The van der Waals surface area contributed by atoms with Crippen LogP contribution in [0.2, 0.25) is 0 Å². The summed E-state index contributed by atoms with van der Waals surface area (Å²) >= 11 is 0. The second-order valence-corrected chi connectivity index (χ2v) is 5.71. The molecule has 120 valence electrons. The third-order valence-electron chi connectivity index (χ3n) is 4.07. The van der Waals surface area contributed by atoms with Crippen molar-refractivity contribution < 1.29 is 14.0 Å². The van der Waals surface area contributed by atoms with Crippen LogP contribution in [0, 0.1) is 11.7 Å². The fourth-order valence-electron chi connectivity index (χ4n) is 2.65. The van der Waals surface area contributed by atoms with Crippen molar-refractivity contribution in [3.05, 3.63) is 59.3 Å². The topological polar surface area (TPSA) is 96.2 Å². The first-order valence-corrected chi connectivity index (χ1v) is 7.26. The van der Waals surface area contributed by atoms with E-state index in [1.54, 1.807) is 12.1 Å². The Balaban J connectivity index is 1.56. The number of hydrogen-bond donors (Lipinski definition) is 4. The SMILES string of the molecule is C=C1NC(=O)NC(C(=O)NC[C@H]2C[C@@H]2c2ccc(F)cc2)=C1N. The lowest BCUT2D eigenvalue weighted by atomic mass is 10.1. The summed E-state index contributed by atoms with van der Waals surface area (Å²) in [6, 6.07) is 5.86. The number of carbonyl (C=O) groups is 2. The molecule has 1 fully saturated rings. The van der Waals surface area contributed by atoms with Gasteiger partial charge >= 0.3 is 6.03 Å². The number of amides is 3. The summed E-state index contributed by atoms with van der Waals surface area (Å²) in [4.78, 5) is 23.5. The Morgan fingerprint density at radius 3 is 2.74 bits per heavy atom. The van der Waals surface area contributed by atoms with E-state index < -0.39 is 11.9 Å². The number of carbonyl (C=O) groups excluding carboxylic acids is 2. The highest BCUT2D eigenvalue weighted by molar-refractivity contribution is 6.00. The monoisotopic (exact) mass is 316 g/mol. The molecule has 0 bridgehead atoms. The Morgan fingerprint density at radius 2 is 2.04 bits per heavy atom. The molecule has 1 heterocycles. The molecule has 3 rings (SSSR count). The van der Waals surface area contributed by atoms with Crippen molar-refractivity contribution >= 4 is 11.9 Å². The molecule has 23 heavy (non-hydrogen) atoms. The smallest absolute Gasteiger partial charge is 0.323 e. The molecule has 6 nitrogen and oxygen atoms in total. The molecule has 2 aliphatic rings. The summed E-state index contributed by atoms with van der Waals surface area (Å²) in [6.07, 6.45) is 0.932. The first kappa shape index (κ1) is 15.1. The van der Waals surface area contributed by atoms with Crippen LogP contribution < -0.4 is 21.7 Å². The van der Waals surface area contributed by atoms with Crippen LogP contribution in [0.25, 0.3) is 0 Å². The lowest BCUT2D eigenvalue weighted by Crippen LogP contribution is -2.47. The van der Waals surface area contributed by atoms with E-state index in [2.05, 4.69) is 22.5 Å². The molecule has 5 N–H and O–H groups in total. The average molecular weight is 316 g/mol. The van der Waals surface area contributed by atoms with E-state index in [1.807, 2.05) is 0 Å². The van der Waals surface area contributed by atoms with Gasteiger partial charge in [0.2, 0.25) is 0 Å². The van der Waals surface area contributed by atoms with Gasteiger partial charge in [-0.3, -0.25) is 4.79 Å². The lowest BCUT2D eigenvalue weighted by Gasteiger charge is -2.20. The van der Waals surface area contributed by atoms with Crippen LogP contribution in [-0.2, 0) is 4.79 Å². The molecule has 0 saturated heterocycles. The van der Waals surface area contributed by atoms with Crippen molar-refractivity contribution in [2.75, 3.05) is 6.54 Å². The molecule has 7 heteroatoms. The van der Waals surface area contributed by atoms with E-state index in [0.717, 1.165) is 12.0 Å². The lowest BCUT2D eigenvalue weighted by molar-refractivity contribution is -0.117. The van der Waals surface area contributed by atoms with E-state index in [-0.39, 0.29) is 22.9 Å². The highest BCUT2D eigenvalue weighted by Crippen LogP contribution is 2.46. The van der Waals surface area contributed by atoms with Crippen LogP contribution in [0.3, 0.4) is 0 Å². The molecule has 1 aromatic rings. The molecular formula is C16H17FN4O2. The van der Waals surface area contributed by atoms with Crippen LogP contribution in [-0.4, -0.2) is 18.5 Å². The van der Waals surface area contributed by atoms with Crippen molar-refractivity contribution in [1.29, 1.82) is 0 Å². The number of benzene rings is 1. The molecule has 3 amide bonds. The molecule has 1 saturated carbocycles. The predicted octanol–water partition coefficient (Wildman–Crippen LogP) is 1.04. The van der Waals surface area contributed by atoms with E-state index in [4.69, 9.17) is 5.73 Å². The fourth-order valence-corrected chi connectivity index (χ4v) is 2.65. The Morgan fingerprint density at radius 1 is 1.35 bits per heavy atom. The normalized spacial score (nSPS) is 23.2. The van der Waals surface area contributed by atoms with Crippen LogP contribution >= 0.6 is 0 Å². The molecule has 0 aromatic heterocycles. The number of halogens is 1. The highest BCUT2D eigenvalue weighted by Gasteiger charge is 2.38. The summed E-state index contributed by atoms with van der Waals surface area (Å²) in [7, 11) is 0. The minimum atomic E-state index is -0.537. The molecule has 1 aliphatic heterocycles. The van der Waals surface area contributed by atoms with Gasteiger partial charge in [-0.2, -0.15) is 0 Å². The summed E-state index contributed by atoms with van der Waals surface area (Å²) in [5.41, 5.74) is 7.14. The Kier molecular flexibility index (Phi) is 3.77. The predicted molar refractivity (Wildman–Crippen MR) is 82.3 cm³/mol. The van der Waals surface area contributed by atoms with Gasteiger partial charge in [-0.25, -0.2) is 9.18 Å². The Labute approximate surface area is 132 Å². The van der Waals surface area contributed by atoms with Gasteiger partial charge in [-0.1, -0.05) is 18.7 Å². The second kappa shape index (κ2) is 5.75. The zero-order valence-electron chi connectivity index (χ0n) is 12.4. The third-order valence-corrected chi connectivity index (χ3v) is 4.07. The molecule has 0 unspecified atom stereocenters. The van der Waals surface area contributed by atoms with E-state index >= 15 is 0 Å². The number of urea groups is 1. The van der Waals surface area contributed by atoms with E-state index in [0.29, 0.717) is 18.4 Å². The standard InChI is InChI=1S/C16H17FN4O2/c1-8-13(18)14(21-16(23)20-8)15(22)19-7-10-6-12(10)9-2-4-11(17)5-3-9/h2-5,10,12H,1,6-7,18H2,(H,19,22)(H2,20,21,23)/t10-,12-/m1/s1. The summed E-state index contributed by atoms with van der Waals surface area (Å²) < 4.78 is 12.9. The van der Waals surface area contributed by atoms with Crippen molar-refractivity contribution in [3.63, 3.8) is 0 Å². The van der Waals surface area contributed by atoms with Crippen LogP contribution in [0.15, 0.2) is 47.9 Å². The van der Waals surface area contributed by atoms with Crippen LogP contribution in [0.4, 0.5) is 9.18 Å². The summed E-state index contributed by atoms with van der Waals surface area (Å²) in [6.45, 7) is 4.04. The van der Waals surface area contributed by atoms with Gasteiger partial charge in [0, 0.05) is 6.54 Å². The maximum Gasteiger partial charge on any atom is 0.323 e. The highest BCUT2D eigenvalue weighted by atomic mass is 19.1. The minimum absolute atomic E-state index is 0.0118. The van der Waals surface area contributed by atoms with Crippen molar-refractivity contribution in [2.24, 2.45) is 11.7 Å². The van der Waals surface area contributed by atoms with Gasteiger partial charge in [-0.15, -0.1) is 0 Å². The Hall–Kier alpha value is -2.83. The zero-order chi connectivity index (χ0) is 16.6. The van der Waals surface area contributed by atoms with Gasteiger partial charge in [-0.05, 0) is 36.0 Å². The zero-order valence-corrected chi connectivity index (χ0v) is 12.4. The van der Waals surface area contributed by atoms with Gasteiger partial charge in [0.1, 0.15) is 11.5 Å². The first-order chi connectivity index (χ1) is 11.0. The summed E-state index contributed by atoms with van der Waals surface area (Å²) in [5.74, 6) is -0.0848. The van der Waals surface area contributed by atoms with Gasteiger partial charge < -0.3 is 21.7 Å². The molecular weight excluding hydrogens is 299 g/mol.